The molecule has 0 aliphatic heterocycles. The van der Waals surface area contributed by atoms with Crippen molar-refractivity contribution < 1.29 is 17.9 Å². The van der Waals surface area contributed by atoms with E-state index in [2.05, 4.69) is 9.71 Å². The molecule has 1 heterocycles. The van der Waals surface area contributed by atoms with Crippen LogP contribution in [-0.4, -0.2) is 33.7 Å². The quantitative estimate of drug-likeness (QED) is 0.775. The zero-order valence-electron chi connectivity index (χ0n) is 12.4. The summed E-state index contributed by atoms with van der Waals surface area (Å²) in [6.45, 7) is 0.792. The van der Waals surface area contributed by atoms with Gasteiger partial charge in [-0.15, -0.1) is 0 Å². The maximum absolute atomic E-state index is 12.3. The van der Waals surface area contributed by atoms with Gasteiger partial charge in [-0.05, 0) is 24.3 Å². The molecule has 0 aliphatic carbocycles. The molecule has 0 unspecified atom stereocenters. The zero-order chi connectivity index (χ0) is 16.7. The number of methoxy groups -OCH3 is 1. The van der Waals surface area contributed by atoms with Gasteiger partial charge in [0, 0.05) is 13.2 Å². The molecule has 120 valence electrons. The highest BCUT2D eigenvalue weighted by molar-refractivity contribution is 7.92. The molecule has 23 heavy (non-hydrogen) atoms. The standard InChI is InChI=1S/C15H15N3O4S/c1-21-7-8-22-15-6-5-13(11-17-15)18-23(19,20)14-4-2-3-12(9-14)10-16/h2-6,9,11,18H,7-8H2,1H3. The molecule has 0 bridgehead atoms. The number of nitrogens with one attached hydrogen (secondary N) is 1. The summed E-state index contributed by atoms with van der Waals surface area (Å²) in [6, 6.07) is 10.8. The van der Waals surface area contributed by atoms with Crippen LogP contribution in [0.1, 0.15) is 5.56 Å². The Labute approximate surface area is 134 Å². The predicted octanol–water partition coefficient (Wildman–Crippen LogP) is 1.78. The van der Waals surface area contributed by atoms with E-state index in [1.165, 1.54) is 30.5 Å². The van der Waals surface area contributed by atoms with Crippen LogP contribution in [0.2, 0.25) is 0 Å². The predicted molar refractivity (Wildman–Crippen MR) is 83.6 cm³/mol. The Balaban J connectivity index is 2.09. The second-order valence-corrected chi connectivity index (χ2v) is 6.15. The van der Waals surface area contributed by atoms with Gasteiger partial charge in [0.05, 0.1) is 35.0 Å². The van der Waals surface area contributed by atoms with Crippen molar-refractivity contribution in [1.82, 2.24) is 4.98 Å². The van der Waals surface area contributed by atoms with Crippen molar-refractivity contribution >= 4 is 15.7 Å². The van der Waals surface area contributed by atoms with Crippen molar-refractivity contribution in [1.29, 1.82) is 5.26 Å². The van der Waals surface area contributed by atoms with E-state index in [9.17, 15) is 8.42 Å². The zero-order valence-corrected chi connectivity index (χ0v) is 13.2. The molecule has 0 aliphatic rings. The van der Waals surface area contributed by atoms with E-state index in [0.717, 1.165) is 0 Å². The molecule has 2 rings (SSSR count). The molecule has 0 saturated heterocycles. The molecule has 1 N–H and O–H groups in total. The van der Waals surface area contributed by atoms with Crippen molar-refractivity contribution in [2.75, 3.05) is 25.0 Å². The minimum atomic E-state index is -3.78. The molecule has 0 atom stereocenters. The summed E-state index contributed by atoms with van der Waals surface area (Å²) in [5.74, 6) is 0.372. The van der Waals surface area contributed by atoms with Crippen LogP contribution in [-0.2, 0) is 14.8 Å². The SMILES string of the molecule is COCCOc1ccc(NS(=O)(=O)c2cccc(C#N)c2)cn1. The molecule has 0 saturated carbocycles. The van der Waals surface area contributed by atoms with E-state index >= 15 is 0 Å². The van der Waals surface area contributed by atoms with Crippen molar-refractivity contribution in [3.63, 3.8) is 0 Å². The minimum absolute atomic E-state index is 0.0111. The number of nitrogens with zero attached hydrogens (tertiary/aromatic N) is 2. The number of rotatable bonds is 7. The molecule has 1 aromatic heterocycles. The minimum Gasteiger partial charge on any atom is -0.475 e. The fraction of sp³-hybridized carbons (Fsp3) is 0.200. The summed E-state index contributed by atoms with van der Waals surface area (Å²) >= 11 is 0. The van der Waals surface area contributed by atoms with Gasteiger partial charge in [-0.25, -0.2) is 13.4 Å². The summed E-state index contributed by atoms with van der Waals surface area (Å²) in [5.41, 5.74) is 0.569. The second kappa shape index (κ2) is 7.58. The van der Waals surface area contributed by atoms with Crippen molar-refractivity contribution in [3.05, 3.63) is 48.2 Å². The number of benzene rings is 1. The highest BCUT2D eigenvalue weighted by Crippen LogP contribution is 2.18. The first kappa shape index (κ1) is 16.7. The van der Waals surface area contributed by atoms with Crippen LogP contribution in [0.5, 0.6) is 5.88 Å². The van der Waals surface area contributed by atoms with Crippen LogP contribution < -0.4 is 9.46 Å². The van der Waals surface area contributed by atoms with Crippen molar-refractivity contribution in [2.45, 2.75) is 4.90 Å². The highest BCUT2D eigenvalue weighted by Gasteiger charge is 2.15. The Morgan fingerprint density at radius 2 is 2.09 bits per heavy atom. The Kier molecular flexibility index (Phi) is 5.51. The lowest BCUT2D eigenvalue weighted by Gasteiger charge is -2.09. The first-order valence-corrected chi connectivity index (χ1v) is 8.14. The first-order valence-electron chi connectivity index (χ1n) is 6.66. The number of aromatic nitrogens is 1. The molecule has 0 amide bonds. The maximum Gasteiger partial charge on any atom is 0.261 e. The number of hydrogen-bond donors (Lipinski definition) is 1. The maximum atomic E-state index is 12.3. The number of nitriles is 1. The largest absolute Gasteiger partial charge is 0.475 e. The molecule has 1 aromatic carbocycles. The van der Waals surface area contributed by atoms with Crippen LogP contribution in [0.3, 0.4) is 0 Å². The Morgan fingerprint density at radius 3 is 2.74 bits per heavy atom. The van der Waals surface area contributed by atoms with Crippen LogP contribution in [0, 0.1) is 11.3 Å². The molecular weight excluding hydrogens is 318 g/mol. The van der Waals surface area contributed by atoms with Crippen LogP contribution in [0.4, 0.5) is 5.69 Å². The van der Waals surface area contributed by atoms with E-state index in [1.807, 2.05) is 6.07 Å². The van der Waals surface area contributed by atoms with Gasteiger partial charge in [0.2, 0.25) is 5.88 Å². The third kappa shape index (κ3) is 4.67. The van der Waals surface area contributed by atoms with Gasteiger partial charge >= 0.3 is 0 Å². The third-order valence-electron chi connectivity index (χ3n) is 2.80. The Morgan fingerprint density at radius 1 is 1.26 bits per heavy atom. The monoisotopic (exact) mass is 333 g/mol. The van der Waals surface area contributed by atoms with Gasteiger partial charge in [0.1, 0.15) is 6.61 Å². The van der Waals surface area contributed by atoms with Gasteiger partial charge in [0.15, 0.2) is 0 Å². The normalized spacial score (nSPS) is 10.8. The molecular formula is C15H15N3O4S. The number of pyridine rings is 1. The summed E-state index contributed by atoms with van der Waals surface area (Å²) in [6.07, 6.45) is 1.35. The van der Waals surface area contributed by atoms with E-state index in [-0.39, 0.29) is 10.5 Å². The number of ether oxygens (including phenoxy) is 2. The third-order valence-corrected chi connectivity index (χ3v) is 4.18. The van der Waals surface area contributed by atoms with Crippen molar-refractivity contribution in [2.24, 2.45) is 0 Å². The fourth-order valence-electron chi connectivity index (χ4n) is 1.70. The van der Waals surface area contributed by atoms with Crippen LogP contribution in [0.15, 0.2) is 47.5 Å². The molecule has 0 fully saturated rings. The lowest BCUT2D eigenvalue weighted by molar-refractivity contribution is 0.144. The first-order chi connectivity index (χ1) is 11.0. The lowest BCUT2D eigenvalue weighted by Crippen LogP contribution is -2.13. The smallest absolute Gasteiger partial charge is 0.261 e. The van der Waals surface area contributed by atoms with Crippen LogP contribution >= 0.6 is 0 Å². The Hall–Kier alpha value is -2.63. The molecule has 0 radical (unpaired) electrons. The topological polar surface area (TPSA) is 101 Å². The Bertz CT molecular complexity index is 798. The van der Waals surface area contributed by atoms with Gasteiger partial charge in [-0.1, -0.05) is 6.07 Å². The van der Waals surface area contributed by atoms with E-state index < -0.39 is 10.0 Å². The average Bonchev–Trinajstić information content (AvgIpc) is 2.56. The summed E-state index contributed by atoms with van der Waals surface area (Å²) in [4.78, 5) is 4.02. The lowest BCUT2D eigenvalue weighted by atomic mass is 10.2. The van der Waals surface area contributed by atoms with Gasteiger partial charge in [-0.2, -0.15) is 5.26 Å². The van der Waals surface area contributed by atoms with E-state index in [0.29, 0.717) is 24.8 Å². The summed E-state index contributed by atoms with van der Waals surface area (Å²) in [7, 11) is -2.22. The number of sulfonamides is 1. The average molecular weight is 333 g/mol. The van der Waals surface area contributed by atoms with Gasteiger partial charge in [0.25, 0.3) is 10.0 Å². The van der Waals surface area contributed by atoms with Crippen LogP contribution in [0.25, 0.3) is 0 Å². The summed E-state index contributed by atoms with van der Waals surface area (Å²) < 4.78 is 37.1. The number of hydrogen-bond acceptors (Lipinski definition) is 6. The van der Waals surface area contributed by atoms with E-state index in [1.54, 1.807) is 19.2 Å². The van der Waals surface area contributed by atoms with E-state index in [4.69, 9.17) is 14.7 Å². The number of anilines is 1. The molecule has 0 spiro atoms. The highest BCUT2D eigenvalue weighted by atomic mass is 32.2. The van der Waals surface area contributed by atoms with Gasteiger partial charge in [-0.3, -0.25) is 4.72 Å². The second-order valence-electron chi connectivity index (χ2n) is 4.47. The van der Waals surface area contributed by atoms with Gasteiger partial charge < -0.3 is 9.47 Å². The fourth-order valence-corrected chi connectivity index (χ4v) is 2.79. The molecule has 7 nitrogen and oxygen atoms in total. The molecule has 8 heteroatoms. The summed E-state index contributed by atoms with van der Waals surface area (Å²) in [5, 5.41) is 8.84. The molecule has 2 aromatic rings. The van der Waals surface area contributed by atoms with Crippen molar-refractivity contribution in [3.8, 4) is 11.9 Å².